The summed E-state index contributed by atoms with van der Waals surface area (Å²) in [5.74, 6) is -1.51. The Balaban J connectivity index is 1.18. The maximum absolute atomic E-state index is 13.0. The smallest absolute Gasteiger partial charge is 0.407 e. The Hall–Kier alpha value is -3.39. The zero-order valence-corrected chi connectivity index (χ0v) is 19.0. The Labute approximate surface area is 197 Å². The fourth-order valence-electron chi connectivity index (χ4n) is 5.26. The van der Waals surface area contributed by atoms with Crippen molar-refractivity contribution in [3.8, 4) is 11.1 Å². The highest BCUT2D eigenvalue weighted by Gasteiger charge is 2.43. The second-order valence-electron chi connectivity index (χ2n) is 9.27. The fourth-order valence-corrected chi connectivity index (χ4v) is 5.26. The highest BCUT2D eigenvalue weighted by Crippen LogP contribution is 2.44. The van der Waals surface area contributed by atoms with Gasteiger partial charge >= 0.3 is 12.1 Å². The number of amides is 2. The van der Waals surface area contributed by atoms with Gasteiger partial charge in [-0.1, -0.05) is 48.5 Å². The van der Waals surface area contributed by atoms with Crippen molar-refractivity contribution < 1.29 is 29.0 Å². The van der Waals surface area contributed by atoms with Crippen molar-refractivity contribution in [2.24, 2.45) is 5.92 Å². The van der Waals surface area contributed by atoms with E-state index in [0.29, 0.717) is 25.9 Å². The first-order valence-corrected chi connectivity index (χ1v) is 11.7. The van der Waals surface area contributed by atoms with Gasteiger partial charge in [0.2, 0.25) is 0 Å². The minimum atomic E-state index is -0.830. The lowest BCUT2D eigenvalue weighted by Gasteiger charge is -2.40. The van der Waals surface area contributed by atoms with Crippen molar-refractivity contribution in [2.75, 3.05) is 20.3 Å². The van der Waals surface area contributed by atoms with Gasteiger partial charge in [0.05, 0.1) is 12.0 Å². The molecule has 1 aliphatic heterocycles. The summed E-state index contributed by atoms with van der Waals surface area (Å²) < 4.78 is 11.3. The number of nitrogens with one attached hydrogen (secondary N) is 1. The van der Waals surface area contributed by atoms with Gasteiger partial charge in [-0.2, -0.15) is 0 Å². The van der Waals surface area contributed by atoms with Crippen molar-refractivity contribution in [3.05, 3.63) is 59.7 Å². The van der Waals surface area contributed by atoms with Crippen LogP contribution in [0.3, 0.4) is 0 Å². The average molecular weight is 465 g/mol. The van der Waals surface area contributed by atoms with E-state index in [1.807, 2.05) is 24.3 Å². The minimum absolute atomic E-state index is 0.0395. The number of carbonyl (C=O) groups is 3. The van der Waals surface area contributed by atoms with Crippen LogP contribution < -0.4 is 5.32 Å². The SMILES string of the molecule is CN(C(=O)[C@H]1OCC[C@H]1NC(=O)OCC1c2ccccc2-c2ccccc21)C1CC(C(=O)O)C1. The number of ether oxygens (including phenoxy) is 2. The first-order chi connectivity index (χ1) is 16.4. The summed E-state index contributed by atoms with van der Waals surface area (Å²) in [6.07, 6.45) is 0.0159. The number of fused-ring (bicyclic) bond motifs is 3. The number of likely N-dealkylation sites (N-methyl/N-ethyl adjacent to an activating group) is 1. The second-order valence-corrected chi connectivity index (χ2v) is 9.27. The van der Waals surface area contributed by atoms with Gasteiger partial charge < -0.3 is 24.8 Å². The molecular weight excluding hydrogens is 436 g/mol. The Kier molecular flexibility index (Phi) is 6.00. The van der Waals surface area contributed by atoms with Crippen molar-refractivity contribution in [1.29, 1.82) is 0 Å². The minimum Gasteiger partial charge on any atom is -0.481 e. The second kappa shape index (κ2) is 9.10. The first kappa shape index (κ1) is 22.4. The van der Waals surface area contributed by atoms with E-state index in [2.05, 4.69) is 29.6 Å². The number of hydrogen-bond donors (Lipinski definition) is 2. The Bertz CT molecular complexity index is 1070. The van der Waals surface area contributed by atoms with Crippen molar-refractivity contribution in [2.45, 2.75) is 43.4 Å². The van der Waals surface area contributed by atoms with Gasteiger partial charge in [0.25, 0.3) is 5.91 Å². The summed E-state index contributed by atoms with van der Waals surface area (Å²) >= 11 is 0. The van der Waals surface area contributed by atoms with Crippen LogP contribution in [-0.2, 0) is 19.1 Å². The maximum atomic E-state index is 13.0. The normalized spacial score (nSPS) is 25.1. The topological polar surface area (TPSA) is 105 Å². The van der Waals surface area contributed by atoms with Gasteiger partial charge in [0.15, 0.2) is 6.10 Å². The van der Waals surface area contributed by atoms with E-state index in [9.17, 15) is 14.4 Å². The Morgan fingerprint density at radius 2 is 1.68 bits per heavy atom. The summed E-state index contributed by atoms with van der Waals surface area (Å²) in [5, 5.41) is 11.9. The zero-order chi connectivity index (χ0) is 23.8. The fraction of sp³-hybridized carbons (Fsp3) is 0.423. The molecule has 2 amide bonds. The zero-order valence-electron chi connectivity index (χ0n) is 19.0. The molecule has 1 saturated carbocycles. The van der Waals surface area contributed by atoms with Crippen molar-refractivity contribution >= 4 is 18.0 Å². The number of aliphatic carboxylic acids is 1. The predicted molar refractivity (Wildman–Crippen MR) is 123 cm³/mol. The van der Waals surface area contributed by atoms with Gasteiger partial charge in [-0.05, 0) is 41.5 Å². The van der Waals surface area contributed by atoms with E-state index in [1.165, 1.54) is 0 Å². The largest absolute Gasteiger partial charge is 0.481 e. The van der Waals surface area contributed by atoms with Gasteiger partial charge in [0.1, 0.15) is 6.61 Å². The van der Waals surface area contributed by atoms with Gasteiger partial charge in [0, 0.05) is 25.6 Å². The van der Waals surface area contributed by atoms with E-state index in [4.69, 9.17) is 14.6 Å². The van der Waals surface area contributed by atoms with Crippen molar-refractivity contribution in [3.63, 3.8) is 0 Å². The first-order valence-electron chi connectivity index (χ1n) is 11.7. The molecule has 0 aromatic heterocycles. The molecule has 0 radical (unpaired) electrons. The molecule has 8 nitrogen and oxygen atoms in total. The van der Waals surface area contributed by atoms with Gasteiger partial charge in [-0.15, -0.1) is 0 Å². The van der Waals surface area contributed by atoms with E-state index in [-0.39, 0.29) is 24.5 Å². The van der Waals surface area contributed by atoms with Crippen LogP contribution in [-0.4, -0.2) is 66.4 Å². The number of benzene rings is 2. The third-order valence-corrected chi connectivity index (χ3v) is 7.34. The van der Waals surface area contributed by atoms with Crippen LogP contribution in [0.2, 0.25) is 0 Å². The van der Waals surface area contributed by atoms with E-state index in [1.54, 1.807) is 11.9 Å². The number of carboxylic acids is 1. The lowest BCUT2D eigenvalue weighted by atomic mass is 9.79. The summed E-state index contributed by atoms with van der Waals surface area (Å²) in [7, 11) is 1.66. The molecule has 2 aliphatic carbocycles. The summed E-state index contributed by atoms with van der Waals surface area (Å²) in [6, 6.07) is 15.7. The molecule has 8 heteroatoms. The van der Waals surface area contributed by atoms with E-state index in [0.717, 1.165) is 22.3 Å². The number of carboxylic acid groups (broad SMARTS) is 1. The molecule has 2 fully saturated rings. The molecule has 1 heterocycles. The molecule has 0 unspecified atom stereocenters. The van der Waals surface area contributed by atoms with Crippen molar-refractivity contribution in [1.82, 2.24) is 10.2 Å². The quantitative estimate of drug-likeness (QED) is 0.681. The molecule has 5 rings (SSSR count). The molecule has 2 aromatic carbocycles. The lowest BCUT2D eigenvalue weighted by Crippen LogP contribution is -2.54. The predicted octanol–water partition coefficient (Wildman–Crippen LogP) is 3.00. The number of rotatable bonds is 6. The molecular formula is C26H28N2O6. The Morgan fingerprint density at radius 3 is 2.29 bits per heavy atom. The van der Waals surface area contributed by atoms with Crippen LogP contribution >= 0.6 is 0 Å². The summed E-state index contributed by atoms with van der Waals surface area (Å²) in [4.78, 5) is 38.2. The number of hydrogen-bond acceptors (Lipinski definition) is 5. The summed E-state index contributed by atoms with van der Waals surface area (Å²) in [6.45, 7) is 0.561. The molecule has 3 aliphatic rings. The van der Waals surface area contributed by atoms with E-state index >= 15 is 0 Å². The monoisotopic (exact) mass is 464 g/mol. The standard InChI is InChI=1S/C26H28N2O6/c1-28(16-12-15(13-16)25(30)31)24(29)23-22(10-11-33-23)27-26(32)34-14-21-19-8-4-2-6-17(19)18-7-3-5-9-20(18)21/h2-9,15-16,21-23H,10-14H2,1H3,(H,27,32)(H,30,31)/t15?,16?,22-,23+/m1/s1. The molecule has 2 aromatic rings. The third-order valence-electron chi connectivity index (χ3n) is 7.34. The van der Waals surface area contributed by atoms with Crippen LogP contribution in [0.5, 0.6) is 0 Å². The van der Waals surface area contributed by atoms with Crippen LogP contribution in [0.4, 0.5) is 4.79 Å². The van der Waals surface area contributed by atoms with Crippen LogP contribution in [0.15, 0.2) is 48.5 Å². The Morgan fingerprint density at radius 1 is 1.06 bits per heavy atom. The third kappa shape index (κ3) is 4.03. The molecule has 34 heavy (non-hydrogen) atoms. The number of alkyl carbamates (subject to hydrolysis) is 1. The lowest BCUT2D eigenvalue weighted by molar-refractivity contribution is -0.153. The number of nitrogens with zero attached hydrogens (tertiary/aromatic N) is 1. The molecule has 178 valence electrons. The van der Waals surface area contributed by atoms with Crippen LogP contribution in [0.1, 0.15) is 36.3 Å². The van der Waals surface area contributed by atoms with Gasteiger partial charge in [-0.25, -0.2) is 4.79 Å². The van der Waals surface area contributed by atoms with Gasteiger partial charge in [-0.3, -0.25) is 9.59 Å². The highest BCUT2D eigenvalue weighted by molar-refractivity contribution is 5.84. The molecule has 0 bridgehead atoms. The number of carbonyl (C=O) groups excluding carboxylic acids is 2. The average Bonchev–Trinajstić information content (AvgIpc) is 3.38. The molecule has 1 saturated heterocycles. The molecule has 2 N–H and O–H groups in total. The van der Waals surface area contributed by atoms with Crippen LogP contribution in [0, 0.1) is 5.92 Å². The maximum Gasteiger partial charge on any atom is 0.407 e. The molecule has 0 spiro atoms. The summed E-state index contributed by atoms with van der Waals surface area (Å²) in [5.41, 5.74) is 4.59. The van der Waals surface area contributed by atoms with E-state index < -0.39 is 30.1 Å². The van der Waals surface area contributed by atoms with Crippen LogP contribution in [0.25, 0.3) is 11.1 Å². The highest BCUT2D eigenvalue weighted by atomic mass is 16.6. The molecule has 2 atom stereocenters.